The molecule has 0 saturated heterocycles. The molecule has 1 aromatic heterocycles. The summed E-state index contributed by atoms with van der Waals surface area (Å²) in [5.41, 5.74) is 8.18. The van der Waals surface area contributed by atoms with Crippen molar-refractivity contribution >= 4 is 22.8 Å². The van der Waals surface area contributed by atoms with Gasteiger partial charge in [0.05, 0.1) is 17.6 Å². The van der Waals surface area contributed by atoms with Crippen LogP contribution in [0.1, 0.15) is 26.1 Å². The van der Waals surface area contributed by atoms with E-state index < -0.39 is 5.91 Å². The van der Waals surface area contributed by atoms with E-state index >= 15 is 0 Å². The van der Waals surface area contributed by atoms with E-state index in [4.69, 9.17) is 10.7 Å². The molecule has 2 amide bonds. The average Bonchev–Trinajstić information content (AvgIpc) is 3.03. The molecule has 0 radical (unpaired) electrons. The van der Waals surface area contributed by atoms with Gasteiger partial charge in [-0.1, -0.05) is 30.3 Å². The summed E-state index contributed by atoms with van der Waals surface area (Å²) in [6.45, 7) is 3.69. The quantitative estimate of drug-likeness (QED) is 0.700. The minimum Gasteiger partial charge on any atom is -0.368 e. The minimum atomic E-state index is -0.506. The fraction of sp³-hybridized carbons (Fsp3) is 0.286. The number of aryl methyl sites for hydroxylation is 1. The van der Waals surface area contributed by atoms with Gasteiger partial charge in [0.15, 0.2) is 0 Å². The molecule has 0 spiro atoms. The van der Waals surface area contributed by atoms with Crippen molar-refractivity contribution in [2.75, 3.05) is 6.54 Å². The molecule has 6 nitrogen and oxygen atoms in total. The van der Waals surface area contributed by atoms with Gasteiger partial charge >= 0.3 is 0 Å². The second-order valence-corrected chi connectivity index (χ2v) is 6.77. The van der Waals surface area contributed by atoms with E-state index in [1.807, 2.05) is 68.4 Å². The molecule has 6 heteroatoms. The summed E-state index contributed by atoms with van der Waals surface area (Å²) in [4.78, 5) is 30.1. The van der Waals surface area contributed by atoms with Crippen LogP contribution < -0.4 is 5.73 Å². The summed E-state index contributed by atoms with van der Waals surface area (Å²) < 4.78 is 2.08. The maximum Gasteiger partial charge on any atom is 0.237 e. The molecule has 140 valence electrons. The number of amides is 2. The molecule has 0 unspecified atom stereocenters. The molecule has 2 aromatic carbocycles. The first-order chi connectivity index (χ1) is 13.0. The molecule has 0 bridgehead atoms. The van der Waals surface area contributed by atoms with Gasteiger partial charge in [-0.05, 0) is 38.1 Å². The topological polar surface area (TPSA) is 81.2 Å². The fourth-order valence-corrected chi connectivity index (χ4v) is 3.20. The molecule has 2 N–H and O–H groups in total. The summed E-state index contributed by atoms with van der Waals surface area (Å²) in [7, 11) is 0. The van der Waals surface area contributed by atoms with Gasteiger partial charge in [0, 0.05) is 24.6 Å². The monoisotopic (exact) mass is 364 g/mol. The molecule has 0 aliphatic heterocycles. The molecular formula is C21H24N4O2. The number of hydrogen-bond acceptors (Lipinski definition) is 3. The van der Waals surface area contributed by atoms with Gasteiger partial charge in [-0.25, -0.2) is 4.98 Å². The number of aromatic nitrogens is 2. The van der Waals surface area contributed by atoms with Gasteiger partial charge < -0.3 is 10.6 Å². The number of nitrogens with two attached hydrogens (primary N) is 1. The minimum absolute atomic E-state index is 0.0639. The highest BCUT2D eigenvalue weighted by Crippen LogP contribution is 2.22. The van der Waals surface area contributed by atoms with Crippen LogP contribution in [0.2, 0.25) is 0 Å². The number of primary amides is 1. The van der Waals surface area contributed by atoms with Crippen LogP contribution >= 0.6 is 0 Å². The van der Waals surface area contributed by atoms with E-state index in [0.29, 0.717) is 6.42 Å². The normalized spacial score (nSPS) is 11.1. The van der Waals surface area contributed by atoms with Gasteiger partial charge in [0.1, 0.15) is 5.82 Å². The van der Waals surface area contributed by atoms with Gasteiger partial charge in [0.25, 0.3) is 0 Å². The third-order valence-corrected chi connectivity index (χ3v) is 4.48. The van der Waals surface area contributed by atoms with Crippen LogP contribution in [0.3, 0.4) is 0 Å². The Morgan fingerprint density at radius 2 is 1.74 bits per heavy atom. The number of para-hydroxylation sites is 3. The van der Waals surface area contributed by atoms with Crippen LogP contribution in [0.5, 0.6) is 0 Å². The Labute approximate surface area is 158 Å². The summed E-state index contributed by atoms with van der Waals surface area (Å²) in [6.07, 6.45) is 0.742. The lowest BCUT2D eigenvalue weighted by Gasteiger charge is -2.25. The first-order valence-corrected chi connectivity index (χ1v) is 9.07. The number of benzene rings is 2. The lowest BCUT2D eigenvalue weighted by atomic mass is 10.2. The molecule has 3 aromatic rings. The van der Waals surface area contributed by atoms with Gasteiger partial charge in [-0.3, -0.25) is 14.2 Å². The number of fused-ring (bicyclic) bond motifs is 1. The van der Waals surface area contributed by atoms with Crippen LogP contribution in [0.4, 0.5) is 0 Å². The Morgan fingerprint density at radius 3 is 2.41 bits per heavy atom. The van der Waals surface area contributed by atoms with Gasteiger partial charge in [0.2, 0.25) is 11.8 Å². The van der Waals surface area contributed by atoms with Crippen LogP contribution in [-0.4, -0.2) is 38.9 Å². The summed E-state index contributed by atoms with van der Waals surface area (Å²) in [6, 6.07) is 17.8. The second kappa shape index (κ2) is 8.03. The lowest BCUT2D eigenvalue weighted by molar-refractivity contribution is -0.136. The number of imidazole rings is 1. The zero-order chi connectivity index (χ0) is 19.4. The molecule has 1 heterocycles. The third kappa shape index (κ3) is 4.16. The van der Waals surface area contributed by atoms with Crippen LogP contribution in [0.15, 0.2) is 54.6 Å². The third-order valence-electron chi connectivity index (χ3n) is 4.48. The van der Waals surface area contributed by atoms with Gasteiger partial charge in [-0.15, -0.1) is 0 Å². The summed E-state index contributed by atoms with van der Waals surface area (Å²) in [5, 5.41) is 0. The summed E-state index contributed by atoms with van der Waals surface area (Å²) in [5.74, 6) is 0.211. The largest absolute Gasteiger partial charge is 0.368 e. The molecule has 0 fully saturated rings. The highest BCUT2D eigenvalue weighted by molar-refractivity contribution is 5.84. The van der Waals surface area contributed by atoms with Crippen molar-refractivity contribution in [3.63, 3.8) is 0 Å². The molecule has 0 aliphatic carbocycles. The van der Waals surface area contributed by atoms with Crippen LogP contribution in [0, 0.1) is 0 Å². The Hall–Kier alpha value is -3.15. The van der Waals surface area contributed by atoms with Crippen molar-refractivity contribution in [3.05, 3.63) is 60.4 Å². The zero-order valence-electron chi connectivity index (χ0n) is 15.6. The van der Waals surface area contributed by atoms with Crippen molar-refractivity contribution in [1.82, 2.24) is 14.5 Å². The standard InChI is InChI=1S/C21H24N4O2/c1-15(2)24(14-19(22)26)21(27)13-12-20-23-17-10-6-7-11-18(17)25(20)16-8-4-3-5-9-16/h3-11,15H,12-14H2,1-2H3,(H2,22,26). The number of carbonyl (C=O) groups excluding carboxylic acids is 2. The highest BCUT2D eigenvalue weighted by atomic mass is 16.2. The Morgan fingerprint density at radius 1 is 1.07 bits per heavy atom. The Kier molecular flexibility index (Phi) is 5.54. The second-order valence-electron chi connectivity index (χ2n) is 6.77. The van der Waals surface area contributed by atoms with E-state index in [1.165, 1.54) is 4.90 Å². The van der Waals surface area contributed by atoms with Crippen molar-refractivity contribution in [1.29, 1.82) is 0 Å². The lowest BCUT2D eigenvalue weighted by Crippen LogP contribution is -2.42. The first kappa shape index (κ1) is 18.6. The number of rotatable bonds is 7. The van der Waals surface area contributed by atoms with E-state index in [0.717, 1.165) is 22.5 Å². The molecular weight excluding hydrogens is 340 g/mol. The molecule has 0 atom stereocenters. The number of carbonyl (C=O) groups is 2. The maximum atomic E-state index is 12.6. The van der Waals surface area contributed by atoms with Crippen molar-refractivity contribution in [3.8, 4) is 5.69 Å². The smallest absolute Gasteiger partial charge is 0.237 e. The van der Waals surface area contributed by atoms with Crippen molar-refractivity contribution < 1.29 is 9.59 Å². The van der Waals surface area contributed by atoms with Gasteiger partial charge in [-0.2, -0.15) is 0 Å². The molecule has 0 aliphatic rings. The fourth-order valence-electron chi connectivity index (χ4n) is 3.20. The number of nitrogens with zero attached hydrogens (tertiary/aromatic N) is 3. The van der Waals surface area contributed by atoms with E-state index in [2.05, 4.69) is 4.57 Å². The molecule has 3 rings (SSSR count). The maximum absolute atomic E-state index is 12.6. The predicted octanol–water partition coefficient (Wildman–Crippen LogP) is 2.68. The first-order valence-electron chi connectivity index (χ1n) is 9.07. The average molecular weight is 364 g/mol. The highest BCUT2D eigenvalue weighted by Gasteiger charge is 2.20. The Balaban J connectivity index is 1.89. The van der Waals surface area contributed by atoms with Crippen molar-refractivity contribution in [2.45, 2.75) is 32.7 Å². The molecule has 27 heavy (non-hydrogen) atoms. The van der Waals surface area contributed by atoms with E-state index in [-0.39, 0.29) is 24.9 Å². The molecule has 0 saturated carbocycles. The van der Waals surface area contributed by atoms with Crippen molar-refractivity contribution in [2.24, 2.45) is 5.73 Å². The SMILES string of the molecule is CC(C)N(CC(N)=O)C(=O)CCc1nc2ccccc2n1-c1ccccc1. The Bertz CT molecular complexity index is 947. The zero-order valence-corrected chi connectivity index (χ0v) is 15.6. The van der Waals surface area contributed by atoms with Crippen LogP contribution in [-0.2, 0) is 16.0 Å². The van der Waals surface area contributed by atoms with Crippen LogP contribution in [0.25, 0.3) is 16.7 Å². The summed E-state index contributed by atoms with van der Waals surface area (Å²) >= 11 is 0. The van der Waals surface area contributed by atoms with E-state index in [9.17, 15) is 9.59 Å². The number of hydrogen-bond donors (Lipinski definition) is 1. The predicted molar refractivity (Wildman–Crippen MR) is 105 cm³/mol. The van der Waals surface area contributed by atoms with E-state index in [1.54, 1.807) is 0 Å².